The minimum atomic E-state index is -1.16. The number of aliphatic carboxylic acids is 1. The molecule has 0 unspecified atom stereocenters. The zero-order valence-corrected chi connectivity index (χ0v) is 21.9. The predicted octanol–water partition coefficient (Wildman–Crippen LogP) is 3.48. The summed E-state index contributed by atoms with van der Waals surface area (Å²) in [6.07, 6.45) is 10.5. The molecule has 0 aromatic carbocycles. The van der Waals surface area contributed by atoms with E-state index in [2.05, 4.69) is 56.6 Å². The van der Waals surface area contributed by atoms with Gasteiger partial charge in [0.1, 0.15) is 12.1 Å². The van der Waals surface area contributed by atoms with Crippen molar-refractivity contribution < 1.29 is 24.3 Å². The number of carbonyl (C=O) groups excluding carboxylic acids is 3. The highest BCUT2D eigenvalue weighted by molar-refractivity contribution is 7.99. The Kier molecular flexibility index (Phi) is 16.5. The van der Waals surface area contributed by atoms with E-state index in [1.54, 1.807) is 0 Å². The molecular weight excluding hydrogens is 454 g/mol. The van der Waals surface area contributed by atoms with E-state index in [1.807, 2.05) is 0 Å². The van der Waals surface area contributed by atoms with Gasteiger partial charge in [-0.15, -0.1) is 0 Å². The molecule has 0 rings (SSSR count). The van der Waals surface area contributed by atoms with Crippen molar-refractivity contribution in [2.75, 3.05) is 11.5 Å². The first-order valence-electron chi connectivity index (χ1n) is 11.5. The van der Waals surface area contributed by atoms with Crippen molar-refractivity contribution in [3.8, 4) is 0 Å². The number of primary amides is 1. The Balaban J connectivity index is 4.59. The van der Waals surface area contributed by atoms with Crippen LogP contribution >= 0.6 is 11.8 Å². The topological polar surface area (TPSA) is 139 Å². The minimum absolute atomic E-state index is 0.00499. The van der Waals surface area contributed by atoms with Gasteiger partial charge in [-0.05, 0) is 59.8 Å². The van der Waals surface area contributed by atoms with E-state index >= 15 is 0 Å². The van der Waals surface area contributed by atoms with E-state index in [0.29, 0.717) is 5.75 Å². The van der Waals surface area contributed by atoms with Crippen LogP contribution in [0, 0.1) is 0 Å². The second-order valence-electron chi connectivity index (χ2n) is 8.65. The van der Waals surface area contributed by atoms with Crippen LogP contribution in [0.2, 0.25) is 0 Å². The van der Waals surface area contributed by atoms with Crippen LogP contribution in [-0.4, -0.2) is 52.4 Å². The summed E-state index contributed by atoms with van der Waals surface area (Å²) in [7, 11) is 0. The normalized spacial score (nSPS) is 13.6. The Morgan fingerprint density at radius 3 is 1.97 bits per heavy atom. The number of amides is 3. The van der Waals surface area contributed by atoms with Crippen molar-refractivity contribution in [1.82, 2.24) is 10.6 Å². The standard InChI is InChI=1S/C25H41N3O5S/c1-17(2)8-6-9-18(3)10-7-11-19(4)14-15-34-16-22(25(32)33)28-24(31)21(27-20(5)29)12-13-23(26)30/h8,10,14,21-22H,6-7,9,11-13,15-16H2,1-5H3,(H2,26,30)(H,27,29)(H,28,31)(H,32,33)/b18-10+,19-14+/t21-,22+/m1/s1. The third kappa shape index (κ3) is 17.0. The molecule has 2 atom stereocenters. The van der Waals surface area contributed by atoms with E-state index in [0.717, 1.165) is 25.7 Å². The van der Waals surface area contributed by atoms with Gasteiger partial charge in [-0.1, -0.05) is 34.9 Å². The number of hydrogen-bond donors (Lipinski definition) is 4. The molecule has 0 radical (unpaired) electrons. The van der Waals surface area contributed by atoms with Crippen LogP contribution in [-0.2, 0) is 19.2 Å². The lowest BCUT2D eigenvalue weighted by Gasteiger charge is -2.20. The molecule has 3 amide bonds. The SMILES string of the molecule is CC(=O)N[C@H](CCC(N)=O)C(=O)N[C@@H](CSC/C=C(\C)CC/C=C(\C)CCC=C(C)C)C(=O)O. The summed E-state index contributed by atoms with van der Waals surface area (Å²) < 4.78 is 0. The highest BCUT2D eigenvalue weighted by Gasteiger charge is 2.26. The molecule has 0 aliphatic rings. The number of rotatable bonds is 17. The lowest BCUT2D eigenvalue weighted by atomic mass is 10.1. The van der Waals surface area contributed by atoms with Gasteiger partial charge in [0, 0.05) is 24.9 Å². The Morgan fingerprint density at radius 1 is 0.853 bits per heavy atom. The Hall–Kier alpha value is -2.55. The second kappa shape index (κ2) is 17.9. The first kappa shape index (κ1) is 31.4. The Morgan fingerprint density at radius 2 is 1.44 bits per heavy atom. The Labute approximate surface area is 207 Å². The monoisotopic (exact) mass is 495 g/mol. The molecule has 0 fully saturated rings. The van der Waals surface area contributed by atoms with Gasteiger partial charge >= 0.3 is 5.97 Å². The van der Waals surface area contributed by atoms with Gasteiger partial charge in [-0.25, -0.2) is 4.79 Å². The molecule has 0 heterocycles. The number of carboxylic acid groups (broad SMARTS) is 1. The molecule has 0 bridgehead atoms. The van der Waals surface area contributed by atoms with Gasteiger partial charge in [0.2, 0.25) is 17.7 Å². The molecule has 0 aliphatic carbocycles. The van der Waals surface area contributed by atoms with E-state index in [1.165, 1.54) is 35.4 Å². The summed E-state index contributed by atoms with van der Waals surface area (Å²) in [6.45, 7) is 9.66. The molecule has 192 valence electrons. The molecule has 0 aromatic rings. The number of nitrogens with two attached hydrogens (primary N) is 1. The largest absolute Gasteiger partial charge is 0.480 e. The summed E-state index contributed by atoms with van der Waals surface area (Å²) in [5, 5.41) is 14.3. The van der Waals surface area contributed by atoms with Crippen LogP contribution in [0.15, 0.2) is 34.9 Å². The molecule has 0 saturated carbocycles. The van der Waals surface area contributed by atoms with Crippen LogP contribution in [0.3, 0.4) is 0 Å². The minimum Gasteiger partial charge on any atom is -0.480 e. The van der Waals surface area contributed by atoms with Crippen molar-refractivity contribution >= 4 is 35.5 Å². The van der Waals surface area contributed by atoms with Crippen molar-refractivity contribution in [3.05, 3.63) is 34.9 Å². The molecule has 0 saturated heterocycles. The van der Waals surface area contributed by atoms with Gasteiger partial charge in [-0.3, -0.25) is 14.4 Å². The molecule has 5 N–H and O–H groups in total. The van der Waals surface area contributed by atoms with Crippen LogP contribution in [0.4, 0.5) is 0 Å². The first-order valence-corrected chi connectivity index (χ1v) is 12.7. The van der Waals surface area contributed by atoms with E-state index in [9.17, 15) is 24.3 Å². The summed E-state index contributed by atoms with van der Waals surface area (Å²) in [5.74, 6) is -2.06. The van der Waals surface area contributed by atoms with Gasteiger partial charge in [0.25, 0.3) is 0 Å². The van der Waals surface area contributed by atoms with Gasteiger partial charge < -0.3 is 21.5 Å². The van der Waals surface area contributed by atoms with Gasteiger partial charge in [0.15, 0.2) is 0 Å². The summed E-state index contributed by atoms with van der Waals surface area (Å²) in [5.41, 5.74) is 9.06. The molecule has 0 aliphatic heterocycles. The molecule has 0 aromatic heterocycles. The third-order valence-electron chi connectivity index (χ3n) is 4.94. The summed E-state index contributed by atoms with van der Waals surface area (Å²) >= 11 is 1.40. The zero-order valence-electron chi connectivity index (χ0n) is 21.1. The third-order valence-corrected chi connectivity index (χ3v) is 5.92. The maximum absolute atomic E-state index is 12.4. The van der Waals surface area contributed by atoms with E-state index in [-0.39, 0.29) is 18.6 Å². The van der Waals surface area contributed by atoms with Crippen molar-refractivity contribution in [3.63, 3.8) is 0 Å². The quantitative estimate of drug-likeness (QED) is 0.180. The fourth-order valence-electron chi connectivity index (χ4n) is 2.97. The number of carboxylic acids is 1. The molecular formula is C25H41N3O5S. The lowest BCUT2D eigenvalue weighted by molar-refractivity contribution is -0.141. The van der Waals surface area contributed by atoms with Gasteiger partial charge in [0.05, 0.1) is 0 Å². The molecule has 8 nitrogen and oxygen atoms in total. The lowest BCUT2D eigenvalue weighted by Crippen LogP contribution is -2.52. The smallest absolute Gasteiger partial charge is 0.327 e. The van der Waals surface area contributed by atoms with Crippen LogP contribution in [0.5, 0.6) is 0 Å². The fourth-order valence-corrected chi connectivity index (χ4v) is 3.97. The molecule has 34 heavy (non-hydrogen) atoms. The number of carbonyl (C=O) groups is 4. The van der Waals surface area contributed by atoms with Crippen LogP contribution in [0.25, 0.3) is 0 Å². The highest BCUT2D eigenvalue weighted by Crippen LogP contribution is 2.13. The maximum atomic E-state index is 12.4. The number of nitrogens with one attached hydrogen (secondary N) is 2. The van der Waals surface area contributed by atoms with E-state index in [4.69, 9.17) is 5.73 Å². The average molecular weight is 496 g/mol. The van der Waals surface area contributed by atoms with Crippen molar-refractivity contribution in [2.24, 2.45) is 5.73 Å². The summed E-state index contributed by atoms with van der Waals surface area (Å²) in [4.78, 5) is 46.4. The molecule has 0 spiro atoms. The maximum Gasteiger partial charge on any atom is 0.327 e. The van der Waals surface area contributed by atoms with Gasteiger partial charge in [-0.2, -0.15) is 11.8 Å². The van der Waals surface area contributed by atoms with Crippen LogP contribution < -0.4 is 16.4 Å². The summed E-state index contributed by atoms with van der Waals surface area (Å²) in [6, 6.07) is -2.13. The Bertz CT molecular complexity index is 785. The highest BCUT2D eigenvalue weighted by atomic mass is 32.2. The zero-order chi connectivity index (χ0) is 26.1. The van der Waals surface area contributed by atoms with Crippen molar-refractivity contribution in [2.45, 2.75) is 85.2 Å². The number of thioether (sulfide) groups is 1. The first-order chi connectivity index (χ1) is 15.9. The molecule has 9 heteroatoms. The predicted molar refractivity (Wildman–Crippen MR) is 138 cm³/mol. The number of hydrogen-bond acceptors (Lipinski definition) is 5. The second-order valence-corrected chi connectivity index (χ2v) is 9.73. The number of allylic oxidation sites excluding steroid dienone is 5. The van der Waals surface area contributed by atoms with Crippen molar-refractivity contribution in [1.29, 1.82) is 0 Å². The van der Waals surface area contributed by atoms with Crippen LogP contribution in [0.1, 0.15) is 73.1 Å². The van der Waals surface area contributed by atoms with E-state index < -0.39 is 35.8 Å². The fraction of sp³-hybridized carbons (Fsp3) is 0.600. The average Bonchev–Trinajstić information content (AvgIpc) is 2.72.